The summed E-state index contributed by atoms with van der Waals surface area (Å²) in [4.78, 5) is 4.14. The first kappa shape index (κ1) is 10.3. The van der Waals surface area contributed by atoms with Crippen molar-refractivity contribution in [3.05, 3.63) is 0 Å². The lowest BCUT2D eigenvalue weighted by molar-refractivity contribution is -0.00122. The van der Waals surface area contributed by atoms with Crippen molar-refractivity contribution in [2.45, 2.75) is 38.3 Å². The lowest BCUT2D eigenvalue weighted by Crippen LogP contribution is -2.50. The third-order valence-electron chi connectivity index (χ3n) is 2.40. The molecule has 4 nitrogen and oxygen atoms in total. The molecule has 1 atom stereocenters. The van der Waals surface area contributed by atoms with Gasteiger partial charge in [-0.15, -0.1) is 0 Å². The molecular formula is C9H19N3O. The molecule has 0 amide bonds. The molecule has 1 heterocycles. The van der Waals surface area contributed by atoms with Crippen LogP contribution in [-0.2, 0) is 4.74 Å². The van der Waals surface area contributed by atoms with E-state index in [2.05, 4.69) is 31.1 Å². The highest BCUT2D eigenvalue weighted by Gasteiger charge is 2.35. The van der Waals surface area contributed by atoms with Gasteiger partial charge in [0.25, 0.3) is 0 Å². The molecule has 0 aromatic heterocycles. The van der Waals surface area contributed by atoms with Crippen LogP contribution in [0.4, 0.5) is 0 Å². The molecule has 0 aromatic rings. The van der Waals surface area contributed by atoms with Crippen molar-refractivity contribution in [2.24, 2.45) is 10.7 Å². The number of hydrogen-bond acceptors (Lipinski definition) is 4. The van der Waals surface area contributed by atoms with E-state index in [-0.39, 0.29) is 11.1 Å². The maximum Gasteiger partial charge on any atom is 0.189 e. The van der Waals surface area contributed by atoms with Gasteiger partial charge < -0.3 is 15.8 Å². The van der Waals surface area contributed by atoms with E-state index >= 15 is 0 Å². The zero-order valence-corrected chi connectivity index (χ0v) is 8.85. The highest BCUT2D eigenvalue weighted by atomic mass is 16.5. The van der Waals surface area contributed by atoms with E-state index in [0.717, 1.165) is 13.0 Å². The van der Waals surface area contributed by atoms with E-state index in [1.165, 1.54) is 0 Å². The Kier molecular flexibility index (Phi) is 2.52. The smallest absolute Gasteiger partial charge is 0.189 e. The Bertz CT molecular complexity index is 225. The van der Waals surface area contributed by atoms with Gasteiger partial charge in [-0.25, -0.2) is 0 Å². The fourth-order valence-corrected chi connectivity index (χ4v) is 1.76. The Morgan fingerprint density at radius 3 is 2.69 bits per heavy atom. The third kappa shape index (κ3) is 2.59. The Balaban J connectivity index is 2.55. The molecule has 1 aliphatic heterocycles. The van der Waals surface area contributed by atoms with Crippen LogP contribution in [0.5, 0.6) is 0 Å². The van der Waals surface area contributed by atoms with E-state index in [1.807, 2.05) is 0 Å². The number of ether oxygens (including phenoxy) is 1. The van der Waals surface area contributed by atoms with Gasteiger partial charge >= 0.3 is 0 Å². The van der Waals surface area contributed by atoms with Gasteiger partial charge in [-0.05, 0) is 20.8 Å². The molecule has 0 spiro atoms. The minimum atomic E-state index is -0.137. The van der Waals surface area contributed by atoms with Crippen LogP contribution in [0.3, 0.4) is 0 Å². The molecule has 1 unspecified atom stereocenters. The second kappa shape index (κ2) is 3.18. The largest absolute Gasteiger partial charge is 0.379 e. The number of nitrogens with one attached hydrogen (secondary N) is 1. The Labute approximate surface area is 79.6 Å². The maximum atomic E-state index is 5.57. The fraction of sp³-hybridized carbons (Fsp3) is 0.889. The molecule has 76 valence electrons. The summed E-state index contributed by atoms with van der Waals surface area (Å²) in [5.41, 5.74) is 5.38. The number of methoxy groups -OCH3 is 1. The summed E-state index contributed by atoms with van der Waals surface area (Å²) in [6, 6.07) is 0. The van der Waals surface area contributed by atoms with Gasteiger partial charge in [0.05, 0.1) is 17.7 Å². The normalized spacial score (nSPS) is 28.5. The highest BCUT2D eigenvalue weighted by molar-refractivity contribution is 5.80. The number of rotatable bonds is 3. The average Bonchev–Trinajstić information content (AvgIpc) is 2.30. The zero-order valence-electron chi connectivity index (χ0n) is 8.85. The van der Waals surface area contributed by atoms with Crippen LogP contribution in [0, 0.1) is 0 Å². The number of guanidine groups is 1. The van der Waals surface area contributed by atoms with Crippen molar-refractivity contribution in [3.8, 4) is 0 Å². The summed E-state index contributed by atoms with van der Waals surface area (Å²) in [6.07, 6.45) is 0.890. The second-order valence-corrected chi connectivity index (χ2v) is 4.53. The average molecular weight is 185 g/mol. The molecule has 0 saturated heterocycles. The Morgan fingerprint density at radius 2 is 2.31 bits per heavy atom. The topological polar surface area (TPSA) is 59.6 Å². The van der Waals surface area contributed by atoms with Gasteiger partial charge in [0.1, 0.15) is 0 Å². The van der Waals surface area contributed by atoms with Crippen molar-refractivity contribution in [2.75, 3.05) is 13.7 Å². The minimum absolute atomic E-state index is 0.0520. The minimum Gasteiger partial charge on any atom is -0.379 e. The first-order valence-corrected chi connectivity index (χ1v) is 4.50. The van der Waals surface area contributed by atoms with Crippen molar-refractivity contribution < 1.29 is 4.74 Å². The first-order chi connectivity index (χ1) is 5.87. The fourth-order valence-electron chi connectivity index (χ4n) is 1.76. The molecule has 0 saturated carbocycles. The monoisotopic (exact) mass is 185 g/mol. The van der Waals surface area contributed by atoms with Crippen LogP contribution < -0.4 is 11.1 Å². The predicted octanol–water partition coefficient (Wildman–Crippen LogP) is 0.478. The molecule has 0 bridgehead atoms. The Hall–Kier alpha value is -0.770. The molecule has 0 aromatic carbocycles. The van der Waals surface area contributed by atoms with Crippen LogP contribution in [-0.4, -0.2) is 30.8 Å². The summed E-state index contributed by atoms with van der Waals surface area (Å²) >= 11 is 0. The van der Waals surface area contributed by atoms with Gasteiger partial charge in [-0.1, -0.05) is 0 Å². The molecule has 1 rings (SSSR count). The molecule has 4 heteroatoms. The van der Waals surface area contributed by atoms with Crippen molar-refractivity contribution in [1.29, 1.82) is 0 Å². The molecular weight excluding hydrogens is 166 g/mol. The lowest BCUT2D eigenvalue weighted by Gasteiger charge is -2.33. The van der Waals surface area contributed by atoms with Crippen LogP contribution >= 0.6 is 0 Å². The van der Waals surface area contributed by atoms with Gasteiger partial charge in [0.2, 0.25) is 0 Å². The molecule has 0 fully saturated rings. The van der Waals surface area contributed by atoms with E-state index in [1.54, 1.807) is 7.11 Å². The number of hydrogen-bond donors (Lipinski definition) is 2. The summed E-state index contributed by atoms with van der Waals surface area (Å²) in [5, 5.41) is 3.17. The summed E-state index contributed by atoms with van der Waals surface area (Å²) in [7, 11) is 1.72. The third-order valence-corrected chi connectivity index (χ3v) is 2.40. The zero-order chi connectivity index (χ0) is 10.1. The van der Waals surface area contributed by atoms with Crippen LogP contribution in [0.2, 0.25) is 0 Å². The molecule has 0 radical (unpaired) electrons. The van der Waals surface area contributed by atoms with E-state index in [0.29, 0.717) is 5.96 Å². The van der Waals surface area contributed by atoms with Crippen LogP contribution in [0.1, 0.15) is 27.2 Å². The second-order valence-electron chi connectivity index (χ2n) is 4.53. The van der Waals surface area contributed by atoms with Crippen molar-refractivity contribution >= 4 is 5.96 Å². The number of nitrogens with zero attached hydrogens (tertiary/aromatic N) is 1. The number of aliphatic imine (C=N–C) groups is 1. The predicted molar refractivity (Wildman–Crippen MR) is 53.7 cm³/mol. The van der Waals surface area contributed by atoms with Crippen LogP contribution in [0.15, 0.2) is 4.99 Å². The summed E-state index contributed by atoms with van der Waals surface area (Å²) in [5.74, 6) is 0.536. The number of nitrogens with two attached hydrogens (primary N) is 1. The summed E-state index contributed by atoms with van der Waals surface area (Å²) < 4.78 is 5.37. The van der Waals surface area contributed by atoms with Gasteiger partial charge in [0, 0.05) is 13.5 Å². The van der Waals surface area contributed by atoms with Gasteiger partial charge in [0.15, 0.2) is 5.96 Å². The van der Waals surface area contributed by atoms with Crippen molar-refractivity contribution in [1.82, 2.24) is 5.32 Å². The summed E-state index contributed by atoms with van der Waals surface area (Å²) in [6.45, 7) is 6.96. The van der Waals surface area contributed by atoms with E-state index in [9.17, 15) is 0 Å². The Morgan fingerprint density at radius 1 is 1.69 bits per heavy atom. The molecule has 3 N–H and O–H groups in total. The van der Waals surface area contributed by atoms with Crippen LogP contribution in [0.25, 0.3) is 0 Å². The quantitative estimate of drug-likeness (QED) is 0.672. The van der Waals surface area contributed by atoms with E-state index in [4.69, 9.17) is 10.5 Å². The highest BCUT2D eigenvalue weighted by Crippen LogP contribution is 2.25. The maximum absolute atomic E-state index is 5.57. The molecule has 1 aliphatic rings. The van der Waals surface area contributed by atoms with E-state index < -0.39 is 0 Å². The lowest BCUT2D eigenvalue weighted by atomic mass is 9.88. The SMILES string of the molecule is COC(C)(C)CC1(C)CN=C(N)N1. The van der Waals surface area contributed by atoms with Gasteiger partial charge in [-0.2, -0.15) is 0 Å². The van der Waals surface area contributed by atoms with Crippen molar-refractivity contribution in [3.63, 3.8) is 0 Å². The van der Waals surface area contributed by atoms with Gasteiger partial charge in [-0.3, -0.25) is 4.99 Å². The molecule has 13 heavy (non-hydrogen) atoms. The first-order valence-electron chi connectivity index (χ1n) is 4.50. The molecule has 0 aliphatic carbocycles. The standard InChI is InChI=1S/C9H19N3O/c1-8(2,13-4)5-9(3)6-11-7(10)12-9/h5-6H2,1-4H3,(H3,10,11,12).